The molecular weight excluding hydrogens is 325 g/mol. The summed E-state index contributed by atoms with van der Waals surface area (Å²) >= 11 is 3.26. The number of carbonyl (C=O) groups is 1. The quantitative estimate of drug-likeness (QED) is 0.906. The maximum atomic E-state index is 13.5. The highest BCUT2D eigenvalue weighted by molar-refractivity contribution is 9.10. The maximum Gasteiger partial charge on any atom is 0.310 e. The Labute approximate surface area is 126 Å². The van der Waals surface area contributed by atoms with E-state index in [2.05, 4.69) is 20.8 Å². The van der Waals surface area contributed by atoms with Crippen LogP contribution in [0.4, 0.5) is 4.39 Å². The number of carboxylic acids is 1. The Kier molecular flexibility index (Phi) is 4.81. The van der Waals surface area contributed by atoms with Crippen molar-refractivity contribution in [1.82, 2.24) is 4.90 Å². The molecule has 0 saturated carbocycles. The third-order valence-corrected chi connectivity index (χ3v) is 5.10. The first-order chi connectivity index (χ1) is 9.48. The molecule has 1 aliphatic heterocycles. The fourth-order valence-electron chi connectivity index (χ4n) is 2.89. The summed E-state index contributed by atoms with van der Waals surface area (Å²) in [5.74, 6) is -0.998. The lowest BCUT2D eigenvalue weighted by Crippen LogP contribution is -2.47. The van der Waals surface area contributed by atoms with E-state index in [9.17, 15) is 14.3 Å². The fraction of sp³-hybridized carbons (Fsp3) is 0.533. The third-order valence-electron chi connectivity index (χ3n) is 4.21. The van der Waals surface area contributed by atoms with Gasteiger partial charge in [-0.15, -0.1) is 0 Å². The summed E-state index contributed by atoms with van der Waals surface area (Å²) in [6.45, 7) is 3.89. The van der Waals surface area contributed by atoms with E-state index in [-0.39, 0.29) is 5.82 Å². The minimum Gasteiger partial charge on any atom is -0.481 e. The van der Waals surface area contributed by atoms with E-state index >= 15 is 0 Å². The van der Waals surface area contributed by atoms with Gasteiger partial charge in [-0.1, -0.05) is 19.1 Å². The van der Waals surface area contributed by atoms with Crippen LogP contribution >= 0.6 is 15.9 Å². The van der Waals surface area contributed by atoms with Gasteiger partial charge in [0.1, 0.15) is 5.82 Å². The zero-order valence-electron chi connectivity index (χ0n) is 11.5. The van der Waals surface area contributed by atoms with E-state index in [1.165, 1.54) is 6.07 Å². The maximum absolute atomic E-state index is 13.5. The minimum absolute atomic E-state index is 0.278. The lowest BCUT2D eigenvalue weighted by atomic mass is 9.77. The summed E-state index contributed by atoms with van der Waals surface area (Å²) in [4.78, 5) is 13.6. The van der Waals surface area contributed by atoms with Gasteiger partial charge in [-0.05, 0) is 53.4 Å². The average molecular weight is 344 g/mol. The largest absolute Gasteiger partial charge is 0.481 e. The summed E-state index contributed by atoms with van der Waals surface area (Å²) < 4.78 is 14.0. The van der Waals surface area contributed by atoms with Crippen LogP contribution in [0.3, 0.4) is 0 Å². The summed E-state index contributed by atoms with van der Waals surface area (Å²) in [5, 5.41) is 9.48. The van der Waals surface area contributed by atoms with Crippen molar-refractivity contribution in [2.24, 2.45) is 5.41 Å². The van der Waals surface area contributed by atoms with Gasteiger partial charge in [-0.25, -0.2) is 4.39 Å². The monoisotopic (exact) mass is 343 g/mol. The second-order valence-corrected chi connectivity index (χ2v) is 6.26. The number of rotatable bonds is 4. The van der Waals surface area contributed by atoms with Crippen LogP contribution in [0.2, 0.25) is 0 Å². The summed E-state index contributed by atoms with van der Waals surface area (Å²) in [6, 6.07) is 4.97. The molecule has 0 aliphatic carbocycles. The van der Waals surface area contributed by atoms with Crippen LogP contribution in [-0.2, 0) is 11.3 Å². The zero-order valence-corrected chi connectivity index (χ0v) is 13.1. The first-order valence-corrected chi connectivity index (χ1v) is 7.66. The second-order valence-electron chi connectivity index (χ2n) is 5.47. The molecular formula is C15H19BrFNO2. The van der Waals surface area contributed by atoms with Crippen LogP contribution in [0.1, 0.15) is 31.7 Å². The fourth-order valence-corrected chi connectivity index (χ4v) is 3.28. The van der Waals surface area contributed by atoms with Crippen LogP contribution in [0, 0.1) is 11.2 Å². The van der Waals surface area contributed by atoms with Crippen molar-refractivity contribution in [3.8, 4) is 0 Å². The molecule has 1 aromatic rings. The second kappa shape index (κ2) is 6.22. The first-order valence-electron chi connectivity index (χ1n) is 6.87. The molecule has 1 unspecified atom stereocenters. The molecule has 0 spiro atoms. The number of halogens is 2. The predicted octanol–water partition coefficient (Wildman–Crippen LogP) is 3.67. The van der Waals surface area contributed by atoms with Crippen molar-refractivity contribution in [3.63, 3.8) is 0 Å². The zero-order chi connectivity index (χ0) is 14.8. The number of likely N-dealkylation sites (tertiary alicyclic amines) is 1. The predicted molar refractivity (Wildman–Crippen MR) is 79.0 cm³/mol. The molecule has 1 aliphatic rings. The Balaban J connectivity index is 2.14. The lowest BCUT2D eigenvalue weighted by Gasteiger charge is -2.39. The van der Waals surface area contributed by atoms with Crippen molar-refractivity contribution in [2.75, 3.05) is 13.1 Å². The number of carboxylic acid groups (broad SMARTS) is 1. The minimum atomic E-state index is -0.719. The van der Waals surface area contributed by atoms with E-state index in [1.54, 1.807) is 6.07 Å². The van der Waals surface area contributed by atoms with E-state index in [0.717, 1.165) is 24.9 Å². The third kappa shape index (κ3) is 3.04. The van der Waals surface area contributed by atoms with Gasteiger partial charge in [0.05, 0.1) is 9.89 Å². The van der Waals surface area contributed by atoms with Gasteiger partial charge in [0.15, 0.2) is 0 Å². The lowest BCUT2D eigenvalue weighted by molar-refractivity contribution is -0.153. The molecule has 1 saturated heterocycles. The number of piperidine rings is 1. The molecule has 1 N–H and O–H groups in total. The Morgan fingerprint density at radius 2 is 2.30 bits per heavy atom. The average Bonchev–Trinajstić information content (AvgIpc) is 2.44. The molecule has 0 bridgehead atoms. The summed E-state index contributed by atoms with van der Waals surface area (Å²) in [6.07, 6.45) is 2.22. The van der Waals surface area contributed by atoms with Crippen LogP contribution in [-0.4, -0.2) is 29.1 Å². The van der Waals surface area contributed by atoms with Gasteiger partial charge >= 0.3 is 5.97 Å². The Hall–Kier alpha value is -0.940. The molecule has 110 valence electrons. The van der Waals surface area contributed by atoms with E-state index in [0.29, 0.717) is 24.0 Å². The van der Waals surface area contributed by atoms with Crippen LogP contribution in [0.15, 0.2) is 22.7 Å². The molecule has 1 aromatic carbocycles. The molecule has 2 rings (SSSR count). The van der Waals surface area contributed by atoms with E-state index in [4.69, 9.17) is 0 Å². The smallest absolute Gasteiger partial charge is 0.310 e. The SMILES string of the molecule is CCC1(C(=O)O)CCCN(Cc2cccc(F)c2Br)C1. The molecule has 20 heavy (non-hydrogen) atoms. The number of hydrogen-bond donors (Lipinski definition) is 1. The molecule has 0 amide bonds. The van der Waals surface area contributed by atoms with Gasteiger partial charge in [-0.2, -0.15) is 0 Å². The van der Waals surface area contributed by atoms with Crippen molar-refractivity contribution in [3.05, 3.63) is 34.1 Å². The molecule has 5 heteroatoms. The Morgan fingerprint density at radius 3 is 2.95 bits per heavy atom. The molecule has 0 aromatic heterocycles. The normalized spacial score (nSPS) is 23.8. The summed E-state index contributed by atoms with van der Waals surface area (Å²) in [5.41, 5.74) is 0.209. The highest BCUT2D eigenvalue weighted by Crippen LogP contribution is 2.35. The van der Waals surface area contributed by atoms with E-state index < -0.39 is 11.4 Å². The number of hydrogen-bond acceptors (Lipinski definition) is 2. The first kappa shape index (κ1) is 15.4. The highest BCUT2D eigenvalue weighted by Gasteiger charge is 2.40. The highest BCUT2D eigenvalue weighted by atomic mass is 79.9. The molecule has 1 atom stereocenters. The molecule has 0 radical (unpaired) electrons. The standard InChI is InChI=1S/C15H19BrFNO2/c1-2-15(14(19)20)7-4-8-18(10-15)9-11-5-3-6-12(17)13(11)16/h3,5-6H,2,4,7-10H2,1H3,(H,19,20). The topological polar surface area (TPSA) is 40.5 Å². The van der Waals surface area contributed by atoms with Gasteiger partial charge < -0.3 is 5.11 Å². The Morgan fingerprint density at radius 1 is 1.55 bits per heavy atom. The van der Waals surface area contributed by atoms with Crippen LogP contribution in [0.25, 0.3) is 0 Å². The number of benzene rings is 1. The molecule has 1 fully saturated rings. The van der Waals surface area contributed by atoms with Crippen molar-refractivity contribution < 1.29 is 14.3 Å². The van der Waals surface area contributed by atoms with Gasteiger partial charge in [0, 0.05) is 13.1 Å². The molecule has 1 heterocycles. The van der Waals surface area contributed by atoms with Crippen molar-refractivity contribution in [1.29, 1.82) is 0 Å². The van der Waals surface area contributed by atoms with Crippen molar-refractivity contribution in [2.45, 2.75) is 32.7 Å². The van der Waals surface area contributed by atoms with E-state index in [1.807, 2.05) is 13.0 Å². The van der Waals surface area contributed by atoms with Gasteiger partial charge in [0.25, 0.3) is 0 Å². The van der Waals surface area contributed by atoms with Crippen LogP contribution in [0.5, 0.6) is 0 Å². The molecule has 3 nitrogen and oxygen atoms in total. The Bertz CT molecular complexity index is 509. The van der Waals surface area contributed by atoms with Gasteiger partial charge in [-0.3, -0.25) is 9.69 Å². The van der Waals surface area contributed by atoms with Crippen LogP contribution < -0.4 is 0 Å². The number of aliphatic carboxylic acids is 1. The number of nitrogens with zero attached hydrogens (tertiary/aromatic N) is 1. The van der Waals surface area contributed by atoms with Crippen molar-refractivity contribution >= 4 is 21.9 Å². The van der Waals surface area contributed by atoms with Gasteiger partial charge in [0.2, 0.25) is 0 Å². The summed E-state index contributed by atoms with van der Waals surface area (Å²) in [7, 11) is 0.